The summed E-state index contributed by atoms with van der Waals surface area (Å²) in [6.45, 7) is 3.92. The second-order valence-corrected chi connectivity index (χ2v) is 5.32. The largest absolute Gasteiger partial charge is 0.481 e. The number of aromatic nitrogens is 4. The summed E-state index contributed by atoms with van der Waals surface area (Å²) in [4.78, 5) is 19.3. The van der Waals surface area contributed by atoms with Crippen molar-refractivity contribution in [3.8, 4) is 5.88 Å². The Morgan fingerprint density at radius 2 is 1.91 bits per heavy atom. The van der Waals surface area contributed by atoms with Crippen LogP contribution < -0.4 is 15.0 Å². The van der Waals surface area contributed by atoms with Crippen LogP contribution in [0.25, 0.3) is 0 Å². The average molecular weight is 300 g/mol. The van der Waals surface area contributed by atoms with Crippen LogP contribution in [0.1, 0.15) is 18.5 Å². The first-order valence-corrected chi connectivity index (χ1v) is 7.41. The predicted molar refractivity (Wildman–Crippen MR) is 84.2 cm³/mol. The van der Waals surface area contributed by atoms with Crippen LogP contribution in [0.4, 0.5) is 11.6 Å². The third-order valence-electron chi connectivity index (χ3n) is 3.85. The lowest BCUT2D eigenvalue weighted by Gasteiger charge is -2.33. The van der Waals surface area contributed by atoms with Gasteiger partial charge in [0.15, 0.2) is 0 Å². The fourth-order valence-corrected chi connectivity index (χ4v) is 2.69. The lowest BCUT2D eigenvalue weighted by Crippen LogP contribution is -2.40. The third kappa shape index (κ3) is 3.24. The normalized spacial score (nSPS) is 15.6. The first-order chi connectivity index (χ1) is 10.8. The molecule has 0 amide bonds. The van der Waals surface area contributed by atoms with Gasteiger partial charge in [0.2, 0.25) is 5.88 Å². The van der Waals surface area contributed by atoms with Gasteiger partial charge < -0.3 is 15.0 Å². The van der Waals surface area contributed by atoms with Crippen LogP contribution in [0.15, 0.2) is 24.8 Å². The summed E-state index contributed by atoms with van der Waals surface area (Å²) in [6, 6.07) is 2.21. The molecule has 0 atom stereocenters. The molecule has 0 aliphatic carbocycles. The van der Waals surface area contributed by atoms with Crippen LogP contribution in [-0.4, -0.2) is 46.2 Å². The second kappa shape index (κ2) is 6.55. The number of hydrogen-bond donors (Lipinski definition) is 1. The maximum absolute atomic E-state index is 5.12. The molecule has 7 nitrogen and oxygen atoms in total. The Labute approximate surface area is 129 Å². The highest BCUT2D eigenvalue weighted by molar-refractivity contribution is 5.44. The molecule has 22 heavy (non-hydrogen) atoms. The monoisotopic (exact) mass is 300 g/mol. The number of rotatable bonds is 4. The van der Waals surface area contributed by atoms with Gasteiger partial charge in [0, 0.05) is 37.6 Å². The molecular weight excluding hydrogens is 280 g/mol. The van der Waals surface area contributed by atoms with Crippen molar-refractivity contribution < 1.29 is 4.74 Å². The van der Waals surface area contributed by atoms with E-state index < -0.39 is 0 Å². The van der Waals surface area contributed by atoms with Crippen molar-refractivity contribution in [1.82, 2.24) is 19.9 Å². The predicted octanol–water partition coefficient (Wildman–Crippen LogP) is 1.66. The van der Waals surface area contributed by atoms with Crippen LogP contribution in [0, 0.1) is 6.92 Å². The molecule has 2 aromatic heterocycles. The number of anilines is 2. The topological polar surface area (TPSA) is 76.1 Å². The zero-order chi connectivity index (χ0) is 15.4. The van der Waals surface area contributed by atoms with E-state index in [1.165, 1.54) is 6.33 Å². The van der Waals surface area contributed by atoms with E-state index in [4.69, 9.17) is 4.74 Å². The van der Waals surface area contributed by atoms with Gasteiger partial charge in [0.1, 0.15) is 18.0 Å². The SMILES string of the molecule is COc1cc(NC2CCN(c3nccnc3C)CC2)ncn1. The first-order valence-electron chi connectivity index (χ1n) is 7.41. The van der Waals surface area contributed by atoms with Crippen LogP contribution in [-0.2, 0) is 0 Å². The van der Waals surface area contributed by atoms with Gasteiger partial charge in [-0.15, -0.1) is 0 Å². The molecule has 0 spiro atoms. The first kappa shape index (κ1) is 14.5. The Morgan fingerprint density at radius 3 is 2.64 bits per heavy atom. The van der Waals surface area contributed by atoms with Gasteiger partial charge in [-0.25, -0.2) is 15.0 Å². The fourth-order valence-electron chi connectivity index (χ4n) is 2.69. The smallest absolute Gasteiger partial charge is 0.218 e. The number of ether oxygens (including phenoxy) is 1. The van der Waals surface area contributed by atoms with Crippen LogP contribution >= 0.6 is 0 Å². The molecule has 1 N–H and O–H groups in total. The minimum Gasteiger partial charge on any atom is -0.481 e. The number of aryl methyl sites for hydroxylation is 1. The van der Waals surface area contributed by atoms with Gasteiger partial charge in [-0.2, -0.15) is 0 Å². The van der Waals surface area contributed by atoms with Crippen molar-refractivity contribution in [3.05, 3.63) is 30.5 Å². The zero-order valence-electron chi connectivity index (χ0n) is 12.9. The van der Waals surface area contributed by atoms with Crippen LogP contribution in [0.2, 0.25) is 0 Å². The number of nitrogens with zero attached hydrogens (tertiary/aromatic N) is 5. The summed E-state index contributed by atoms with van der Waals surface area (Å²) >= 11 is 0. The molecular formula is C15H20N6O. The summed E-state index contributed by atoms with van der Waals surface area (Å²) in [5, 5.41) is 3.45. The summed E-state index contributed by atoms with van der Waals surface area (Å²) in [7, 11) is 1.60. The van der Waals surface area contributed by atoms with E-state index in [2.05, 4.69) is 30.2 Å². The molecule has 0 aromatic carbocycles. The van der Waals surface area contributed by atoms with Crippen LogP contribution in [0.5, 0.6) is 5.88 Å². The van der Waals surface area contributed by atoms with Crippen molar-refractivity contribution in [2.75, 3.05) is 30.4 Å². The molecule has 2 aromatic rings. The second-order valence-electron chi connectivity index (χ2n) is 5.32. The minimum absolute atomic E-state index is 0.396. The molecule has 0 radical (unpaired) electrons. The Kier molecular flexibility index (Phi) is 4.32. The highest BCUT2D eigenvalue weighted by Crippen LogP contribution is 2.22. The number of piperidine rings is 1. The Morgan fingerprint density at radius 1 is 1.14 bits per heavy atom. The molecule has 116 valence electrons. The van der Waals surface area contributed by atoms with Gasteiger partial charge >= 0.3 is 0 Å². The minimum atomic E-state index is 0.396. The maximum atomic E-state index is 5.12. The molecule has 1 aliphatic rings. The molecule has 3 heterocycles. The van der Waals surface area contributed by atoms with Gasteiger partial charge in [-0.3, -0.25) is 4.98 Å². The molecule has 0 saturated carbocycles. The Bertz CT molecular complexity index is 627. The summed E-state index contributed by atoms with van der Waals surface area (Å²) < 4.78 is 5.12. The summed E-state index contributed by atoms with van der Waals surface area (Å²) in [6.07, 6.45) is 7.05. The molecule has 1 aliphatic heterocycles. The number of hydrogen-bond acceptors (Lipinski definition) is 7. The fraction of sp³-hybridized carbons (Fsp3) is 0.467. The molecule has 1 fully saturated rings. The van der Waals surface area contributed by atoms with Crippen molar-refractivity contribution in [3.63, 3.8) is 0 Å². The van der Waals surface area contributed by atoms with Crippen molar-refractivity contribution in [2.45, 2.75) is 25.8 Å². The molecule has 0 unspecified atom stereocenters. The van der Waals surface area contributed by atoms with Crippen molar-refractivity contribution in [2.24, 2.45) is 0 Å². The Balaban J connectivity index is 1.59. The Hall–Kier alpha value is -2.44. The molecule has 1 saturated heterocycles. The van der Waals surface area contributed by atoms with E-state index in [-0.39, 0.29) is 0 Å². The van der Waals surface area contributed by atoms with Crippen LogP contribution in [0.3, 0.4) is 0 Å². The van der Waals surface area contributed by atoms with Gasteiger partial charge in [0.05, 0.1) is 12.8 Å². The number of methoxy groups -OCH3 is 1. The van der Waals surface area contributed by atoms with Crippen molar-refractivity contribution >= 4 is 11.6 Å². The van der Waals surface area contributed by atoms with E-state index in [0.29, 0.717) is 11.9 Å². The van der Waals surface area contributed by atoms with Gasteiger partial charge in [-0.1, -0.05) is 0 Å². The highest BCUT2D eigenvalue weighted by atomic mass is 16.5. The zero-order valence-corrected chi connectivity index (χ0v) is 12.9. The highest BCUT2D eigenvalue weighted by Gasteiger charge is 2.21. The van der Waals surface area contributed by atoms with E-state index in [1.54, 1.807) is 19.5 Å². The summed E-state index contributed by atoms with van der Waals surface area (Å²) in [5.41, 5.74) is 0.981. The van der Waals surface area contributed by atoms with E-state index in [0.717, 1.165) is 43.3 Å². The lowest BCUT2D eigenvalue weighted by atomic mass is 10.0. The van der Waals surface area contributed by atoms with E-state index in [9.17, 15) is 0 Å². The number of nitrogens with one attached hydrogen (secondary N) is 1. The average Bonchev–Trinajstić information content (AvgIpc) is 2.56. The van der Waals surface area contributed by atoms with Gasteiger partial charge in [-0.05, 0) is 19.8 Å². The third-order valence-corrected chi connectivity index (χ3v) is 3.85. The van der Waals surface area contributed by atoms with Gasteiger partial charge in [0.25, 0.3) is 0 Å². The van der Waals surface area contributed by atoms with Crippen molar-refractivity contribution in [1.29, 1.82) is 0 Å². The lowest BCUT2D eigenvalue weighted by molar-refractivity contribution is 0.397. The molecule has 7 heteroatoms. The van der Waals surface area contributed by atoms with E-state index in [1.807, 2.05) is 13.0 Å². The maximum Gasteiger partial charge on any atom is 0.218 e. The molecule has 0 bridgehead atoms. The quantitative estimate of drug-likeness (QED) is 0.920. The standard InChI is InChI=1S/C15H20N6O/c1-11-15(17-6-5-16-11)21-7-3-12(4-8-21)20-13-9-14(22-2)19-10-18-13/h5-6,9-10,12H,3-4,7-8H2,1-2H3,(H,18,19,20). The summed E-state index contributed by atoms with van der Waals surface area (Å²) in [5.74, 6) is 2.37. The molecule has 3 rings (SSSR count). The van der Waals surface area contributed by atoms with E-state index >= 15 is 0 Å².